The molecule has 3 aromatic carbocycles. The number of amides is 2. The van der Waals surface area contributed by atoms with Crippen molar-refractivity contribution in [3.8, 4) is 27.3 Å². The fourth-order valence-electron chi connectivity index (χ4n) is 5.06. The van der Waals surface area contributed by atoms with Crippen molar-refractivity contribution in [2.24, 2.45) is 5.92 Å². The van der Waals surface area contributed by atoms with Crippen LogP contribution in [-0.4, -0.2) is 36.4 Å². The molecule has 2 amide bonds. The van der Waals surface area contributed by atoms with E-state index in [1.54, 1.807) is 29.5 Å². The van der Waals surface area contributed by atoms with Gasteiger partial charge in [0.2, 0.25) is 0 Å². The van der Waals surface area contributed by atoms with E-state index in [1.807, 2.05) is 61.8 Å². The van der Waals surface area contributed by atoms with Crippen LogP contribution in [0.15, 0.2) is 72.2 Å². The van der Waals surface area contributed by atoms with Crippen LogP contribution >= 0.6 is 11.3 Å². The molecule has 9 heteroatoms. The van der Waals surface area contributed by atoms with Gasteiger partial charge in [0.05, 0.1) is 12.7 Å². The van der Waals surface area contributed by atoms with Gasteiger partial charge in [-0.1, -0.05) is 19.9 Å². The van der Waals surface area contributed by atoms with Gasteiger partial charge in [0.25, 0.3) is 11.8 Å². The van der Waals surface area contributed by atoms with Gasteiger partial charge >= 0.3 is 5.97 Å². The summed E-state index contributed by atoms with van der Waals surface area (Å²) in [5.74, 6) is -0.378. The quantitative estimate of drug-likeness (QED) is 0.182. The molecule has 0 spiro atoms. The highest BCUT2D eigenvalue weighted by Gasteiger charge is 2.27. The number of hydrogen-bond donors (Lipinski definition) is 3. The van der Waals surface area contributed by atoms with Crippen molar-refractivity contribution in [3.63, 3.8) is 0 Å². The van der Waals surface area contributed by atoms with Crippen molar-refractivity contribution in [1.29, 1.82) is 0 Å². The smallest absolute Gasteiger partial charge is 0.338 e. The van der Waals surface area contributed by atoms with E-state index in [0.29, 0.717) is 46.8 Å². The molecule has 0 bridgehead atoms. The number of esters is 1. The first-order valence-corrected chi connectivity index (χ1v) is 14.5. The molecule has 2 aromatic heterocycles. The van der Waals surface area contributed by atoms with Crippen LogP contribution in [0.4, 0.5) is 5.69 Å². The summed E-state index contributed by atoms with van der Waals surface area (Å²) in [5.41, 5.74) is 5.25. The number of H-pyrrole nitrogens is 1. The van der Waals surface area contributed by atoms with Crippen molar-refractivity contribution < 1.29 is 23.9 Å². The number of carbonyl (C=O) groups excluding carboxylic acids is 3. The highest BCUT2D eigenvalue weighted by atomic mass is 32.1. The van der Waals surface area contributed by atoms with Gasteiger partial charge in [-0.2, -0.15) is 0 Å². The number of ether oxygens (including phenoxy) is 2. The lowest BCUT2D eigenvalue weighted by Crippen LogP contribution is -2.27. The number of methoxy groups -OCH3 is 1. The predicted octanol–water partition coefficient (Wildman–Crippen LogP) is 6.88. The minimum absolute atomic E-state index is 0.171. The van der Waals surface area contributed by atoms with Gasteiger partial charge in [0.15, 0.2) is 0 Å². The van der Waals surface area contributed by atoms with Crippen molar-refractivity contribution >= 4 is 45.7 Å². The van der Waals surface area contributed by atoms with E-state index in [1.165, 1.54) is 13.2 Å². The maximum absolute atomic E-state index is 14.0. The van der Waals surface area contributed by atoms with Gasteiger partial charge in [0, 0.05) is 56.5 Å². The molecule has 0 atom stereocenters. The monoisotopic (exact) mass is 579 g/mol. The number of thiophene rings is 1. The minimum atomic E-state index is -0.619. The molecule has 5 aromatic rings. The predicted molar refractivity (Wildman–Crippen MR) is 164 cm³/mol. The molecule has 3 N–H and O–H groups in total. The summed E-state index contributed by atoms with van der Waals surface area (Å²) in [4.78, 5) is 44.0. The molecule has 0 saturated carbocycles. The number of hydrogen-bond acceptors (Lipinski definition) is 6. The number of rotatable bonds is 7. The van der Waals surface area contributed by atoms with E-state index in [9.17, 15) is 14.4 Å². The van der Waals surface area contributed by atoms with Crippen molar-refractivity contribution in [2.45, 2.75) is 20.5 Å². The number of aromatic nitrogens is 1. The Morgan fingerprint density at radius 1 is 0.952 bits per heavy atom. The number of anilines is 1. The highest BCUT2D eigenvalue weighted by molar-refractivity contribution is 7.13. The Bertz CT molecular complexity index is 1850. The van der Waals surface area contributed by atoms with Crippen LogP contribution in [0.2, 0.25) is 0 Å². The molecule has 212 valence electrons. The van der Waals surface area contributed by atoms with Crippen LogP contribution in [0.25, 0.3) is 32.5 Å². The van der Waals surface area contributed by atoms with Crippen LogP contribution in [0.1, 0.15) is 50.5 Å². The molecule has 0 fully saturated rings. The highest BCUT2D eigenvalue weighted by Crippen LogP contribution is 2.45. The molecule has 0 unspecified atom stereocenters. The number of benzene rings is 3. The van der Waals surface area contributed by atoms with Gasteiger partial charge in [0.1, 0.15) is 12.4 Å². The molecule has 0 radical (unpaired) electrons. The van der Waals surface area contributed by atoms with Gasteiger partial charge in [-0.15, -0.1) is 11.3 Å². The topological polar surface area (TPSA) is 110 Å². The fourth-order valence-corrected chi connectivity index (χ4v) is 5.99. The van der Waals surface area contributed by atoms with Crippen LogP contribution in [0.5, 0.6) is 5.75 Å². The lowest BCUT2D eigenvalue weighted by atomic mass is 9.90. The van der Waals surface area contributed by atoms with Crippen molar-refractivity contribution in [1.82, 2.24) is 10.3 Å². The lowest BCUT2D eigenvalue weighted by Gasteiger charge is -2.22. The van der Waals surface area contributed by atoms with Crippen LogP contribution < -0.4 is 15.4 Å². The third-order valence-corrected chi connectivity index (χ3v) is 8.19. The summed E-state index contributed by atoms with van der Waals surface area (Å²) in [7, 11) is 1.29. The molecule has 0 saturated heterocycles. The maximum atomic E-state index is 14.0. The van der Waals surface area contributed by atoms with E-state index >= 15 is 0 Å². The fraction of sp³-hybridized carbons (Fsp3) is 0.182. The molecular formula is C33H29N3O5S. The van der Waals surface area contributed by atoms with E-state index in [0.717, 1.165) is 26.9 Å². The summed E-state index contributed by atoms with van der Waals surface area (Å²) in [6.07, 6.45) is 1.84. The summed E-state index contributed by atoms with van der Waals surface area (Å²) in [6, 6.07) is 18.0. The van der Waals surface area contributed by atoms with Crippen LogP contribution in [-0.2, 0) is 11.3 Å². The second-order valence-corrected chi connectivity index (χ2v) is 11.5. The zero-order chi connectivity index (χ0) is 29.4. The van der Waals surface area contributed by atoms with Crippen LogP contribution in [0, 0.1) is 5.92 Å². The van der Waals surface area contributed by atoms with E-state index in [-0.39, 0.29) is 23.3 Å². The zero-order valence-electron chi connectivity index (χ0n) is 23.4. The average Bonchev–Trinajstić information content (AvgIpc) is 3.68. The standard InChI is InChI=1S/C33H29N3O5S/c1-18(2)16-35-31(37)20-4-6-23(26(13-20)33(39)40-3)24-15-29-27(30-21(17-41-29)9-11-42-30)14-25(24)32(38)36-22-5-7-28-19(12-22)8-10-34-28/h4-15,18,34H,16-17H2,1-3H3,(H,35,37)(H,36,38). The maximum Gasteiger partial charge on any atom is 0.338 e. The summed E-state index contributed by atoms with van der Waals surface area (Å²) in [6.45, 7) is 4.92. The molecular weight excluding hydrogens is 550 g/mol. The SMILES string of the molecule is COC(=O)c1cc(C(=O)NCC(C)C)ccc1-c1cc2c(cc1C(=O)Nc1ccc3[nH]ccc3c1)-c1sccc1CO2. The first-order chi connectivity index (χ1) is 20.3. The summed E-state index contributed by atoms with van der Waals surface area (Å²) in [5, 5.41) is 8.87. The first-order valence-electron chi connectivity index (χ1n) is 13.6. The van der Waals surface area contributed by atoms with E-state index in [2.05, 4.69) is 15.6 Å². The summed E-state index contributed by atoms with van der Waals surface area (Å²) < 4.78 is 11.2. The molecule has 1 aliphatic rings. The van der Waals surface area contributed by atoms with Gasteiger partial charge in [-0.05, 0) is 77.0 Å². The van der Waals surface area contributed by atoms with Gasteiger partial charge in [-0.25, -0.2) is 4.79 Å². The third kappa shape index (κ3) is 5.14. The Labute approximate surface area is 246 Å². The Kier molecular flexibility index (Phi) is 7.26. The Hall–Kier alpha value is -4.89. The van der Waals surface area contributed by atoms with Crippen molar-refractivity contribution in [3.05, 3.63) is 94.5 Å². The Balaban J connectivity index is 1.47. The molecule has 8 nitrogen and oxygen atoms in total. The van der Waals surface area contributed by atoms with Gasteiger partial charge < -0.3 is 25.1 Å². The molecule has 42 heavy (non-hydrogen) atoms. The van der Waals surface area contributed by atoms with E-state index in [4.69, 9.17) is 9.47 Å². The average molecular weight is 580 g/mol. The van der Waals surface area contributed by atoms with Crippen molar-refractivity contribution in [2.75, 3.05) is 19.0 Å². The largest absolute Gasteiger partial charge is 0.488 e. The second kappa shape index (κ2) is 11.2. The number of aromatic amines is 1. The van der Waals surface area contributed by atoms with E-state index < -0.39 is 5.97 Å². The number of fused-ring (bicyclic) bond motifs is 4. The number of carbonyl (C=O) groups is 3. The summed E-state index contributed by atoms with van der Waals surface area (Å²) >= 11 is 1.59. The number of nitrogens with one attached hydrogen (secondary N) is 3. The van der Waals surface area contributed by atoms with Gasteiger partial charge in [-0.3, -0.25) is 9.59 Å². The normalized spacial score (nSPS) is 11.9. The lowest BCUT2D eigenvalue weighted by molar-refractivity contribution is 0.0601. The van der Waals surface area contributed by atoms with Crippen LogP contribution in [0.3, 0.4) is 0 Å². The second-order valence-electron chi connectivity index (χ2n) is 10.5. The zero-order valence-corrected chi connectivity index (χ0v) is 24.2. The molecule has 6 rings (SSSR count). The molecule has 3 heterocycles. The minimum Gasteiger partial charge on any atom is -0.488 e. The first kappa shape index (κ1) is 27.3. The Morgan fingerprint density at radius 3 is 2.62 bits per heavy atom. The molecule has 0 aliphatic carbocycles. The Morgan fingerprint density at radius 2 is 1.81 bits per heavy atom. The third-order valence-electron chi connectivity index (χ3n) is 7.20. The molecule has 1 aliphatic heterocycles.